The van der Waals surface area contributed by atoms with Gasteiger partial charge in [0.05, 0.1) is 0 Å². The highest BCUT2D eigenvalue weighted by Gasteiger charge is 1.95. The fraction of sp³-hybridized carbons (Fsp3) is 0.429. The van der Waals surface area contributed by atoms with Crippen molar-refractivity contribution in [2.24, 2.45) is 0 Å². The van der Waals surface area contributed by atoms with Gasteiger partial charge in [0.25, 0.3) is 0 Å². The van der Waals surface area contributed by atoms with E-state index >= 15 is 0 Å². The van der Waals surface area contributed by atoms with Gasteiger partial charge in [-0.3, -0.25) is 4.79 Å². The van der Waals surface area contributed by atoms with Crippen molar-refractivity contribution < 1.29 is 19.8 Å². The second-order valence-electron chi connectivity index (χ2n) is 3.86. The zero-order valence-corrected chi connectivity index (χ0v) is 10.4. The largest absolute Gasteiger partial charge is 0.481 e. The van der Waals surface area contributed by atoms with Crippen LogP contribution < -0.4 is 0 Å². The summed E-state index contributed by atoms with van der Waals surface area (Å²) < 4.78 is 0. The smallest absolute Gasteiger partial charge is 0.328 e. The van der Waals surface area contributed by atoms with Crippen LogP contribution in [0.3, 0.4) is 0 Å². The molecule has 0 fully saturated rings. The molecule has 0 saturated carbocycles. The summed E-state index contributed by atoms with van der Waals surface area (Å²) in [5, 5.41) is 16.7. The van der Waals surface area contributed by atoms with Crippen LogP contribution >= 0.6 is 0 Å². The van der Waals surface area contributed by atoms with Gasteiger partial charge in [-0.15, -0.1) is 0 Å². The molecule has 18 heavy (non-hydrogen) atoms. The Morgan fingerprint density at radius 3 is 2.17 bits per heavy atom. The maximum Gasteiger partial charge on any atom is 0.328 e. The highest BCUT2D eigenvalue weighted by atomic mass is 16.4. The zero-order chi connectivity index (χ0) is 13.6. The number of carboxylic acid groups (broad SMARTS) is 2. The minimum absolute atomic E-state index is 0.258. The van der Waals surface area contributed by atoms with Crippen LogP contribution in [-0.2, 0) is 9.59 Å². The van der Waals surface area contributed by atoms with E-state index in [4.69, 9.17) is 10.2 Å². The predicted molar refractivity (Wildman–Crippen MR) is 70.4 cm³/mol. The molecule has 0 aliphatic heterocycles. The lowest BCUT2D eigenvalue weighted by Gasteiger charge is -1.96. The molecule has 0 aromatic rings. The van der Waals surface area contributed by atoms with Crippen molar-refractivity contribution in [3.63, 3.8) is 0 Å². The third kappa shape index (κ3) is 14.2. The molecule has 0 amide bonds. The van der Waals surface area contributed by atoms with Gasteiger partial charge >= 0.3 is 11.9 Å². The van der Waals surface area contributed by atoms with Crippen molar-refractivity contribution in [1.29, 1.82) is 0 Å². The average molecular weight is 252 g/mol. The molecule has 100 valence electrons. The third-order valence-electron chi connectivity index (χ3n) is 2.22. The zero-order valence-electron chi connectivity index (χ0n) is 10.4. The Morgan fingerprint density at radius 2 is 1.50 bits per heavy atom. The van der Waals surface area contributed by atoms with E-state index in [9.17, 15) is 9.59 Å². The molecule has 0 spiro atoms. The molecular weight excluding hydrogens is 232 g/mol. The first kappa shape index (κ1) is 16.2. The number of hydrogen-bond acceptors (Lipinski definition) is 2. The quantitative estimate of drug-likeness (QED) is 0.356. The normalized spacial score (nSPS) is 11.8. The molecule has 0 aliphatic rings. The van der Waals surface area contributed by atoms with Crippen molar-refractivity contribution >= 4 is 11.9 Å². The van der Waals surface area contributed by atoms with Crippen LogP contribution in [-0.4, -0.2) is 22.2 Å². The lowest BCUT2D eigenvalue weighted by molar-refractivity contribution is -0.137. The van der Waals surface area contributed by atoms with E-state index in [0.29, 0.717) is 0 Å². The molecule has 0 atom stereocenters. The first-order valence-electron chi connectivity index (χ1n) is 6.07. The van der Waals surface area contributed by atoms with Crippen molar-refractivity contribution in [2.75, 3.05) is 0 Å². The molecule has 4 nitrogen and oxygen atoms in total. The van der Waals surface area contributed by atoms with E-state index in [1.807, 2.05) is 12.2 Å². The van der Waals surface area contributed by atoms with Crippen LogP contribution in [0.25, 0.3) is 0 Å². The van der Waals surface area contributed by atoms with E-state index in [2.05, 4.69) is 0 Å². The number of allylic oxidation sites excluding steroid dienone is 5. The summed E-state index contributed by atoms with van der Waals surface area (Å²) >= 11 is 0. The number of carboxylic acids is 2. The molecule has 0 aliphatic carbocycles. The molecule has 0 unspecified atom stereocenters. The molecule has 0 rings (SSSR count). The number of rotatable bonds is 10. The van der Waals surface area contributed by atoms with Crippen LogP contribution in [0.15, 0.2) is 36.5 Å². The first-order valence-corrected chi connectivity index (χ1v) is 6.07. The number of hydrogen-bond donors (Lipinski definition) is 2. The van der Waals surface area contributed by atoms with Crippen molar-refractivity contribution in [2.45, 2.75) is 38.5 Å². The van der Waals surface area contributed by atoms with Gasteiger partial charge in [0.2, 0.25) is 0 Å². The van der Waals surface area contributed by atoms with Crippen LogP contribution in [0.5, 0.6) is 0 Å². The van der Waals surface area contributed by atoms with Gasteiger partial charge in [0, 0.05) is 12.5 Å². The summed E-state index contributed by atoms with van der Waals surface area (Å²) in [5.41, 5.74) is 0. The summed E-state index contributed by atoms with van der Waals surface area (Å²) in [7, 11) is 0. The molecule has 0 aromatic carbocycles. The Bertz CT molecular complexity index is 327. The molecule has 0 bridgehead atoms. The van der Waals surface area contributed by atoms with Crippen molar-refractivity contribution in [3.8, 4) is 0 Å². The van der Waals surface area contributed by atoms with E-state index < -0.39 is 11.9 Å². The van der Waals surface area contributed by atoms with Gasteiger partial charge in [-0.1, -0.05) is 43.2 Å². The fourth-order valence-corrected chi connectivity index (χ4v) is 1.33. The highest BCUT2D eigenvalue weighted by Crippen LogP contribution is 2.05. The Morgan fingerprint density at radius 1 is 0.833 bits per heavy atom. The number of aliphatic carboxylic acids is 2. The van der Waals surface area contributed by atoms with Crippen LogP contribution in [0.1, 0.15) is 38.5 Å². The second-order valence-corrected chi connectivity index (χ2v) is 3.86. The molecule has 0 heterocycles. The highest BCUT2D eigenvalue weighted by molar-refractivity contribution is 5.80. The van der Waals surface area contributed by atoms with E-state index in [0.717, 1.165) is 38.2 Å². The van der Waals surface area contributed by atoms with Crippen molar-refractivity contribution in [3.05, 3.63) is 36.5 Å². The van der Waals surface area contributed by atoms with Gasteiger partial charge in [0.1, 0.15) is 0 Å². The fourth-order valence-electron chi connectivity index (χ4n) is 1.33. The summed E-state index contributed by atoms with van der Waals surface area (Å²) in [6, 6.07) is 0. The minimum Gasteiger partial charge on any atom is -0.481 e. The van der Waals surface area contributed by atoms with E-state index in [1.54, 1.807) is 12.2 Å². The Hall–Kier alpha value is -1.84. The maximum absolute atomic E-state index is 10.2. The van der Waals surface area contributed by atoms with Crippen LogP contribution in [0.4, 0.5) is 0 Å². The van der Waals surface area contributed by atoms with Gasteiger partial charge in [0.15, 0.2) is 0 Å². The lowest BCUT2D eigenvalue weighted by Crippen LogP contribution is -1.93. The second kappa shape index (κ2) is 11.6. The molecule has 0 radical (unpaired) electrons. The third-order valence-corrected chi connectivity index (χ3v) is 2.22. The van der Waals surface area contributed by atoms with Crippen molar-refractivity contribution in [1.82, 2.24) is 0 Å². The summed E-state index contributed by atoms with van der Waals surface area (Å²) in [4.78, 5) is 20.4. The molecule has 4 heteroatoms. The Balaban J connectivity index is 3.38. The molecule has 0 aromatic heterocycles. The molecular formula is C14H20O4. The van der Waals surface area contributed by atoms with Gasteiger partial charge in [-0.2, -0.15) is 0 Å². The maximum atomic E-state index is 10.2. The Labute approximate surface area is 107 Å². The minimum atomic E-state index is -0.954. The summed E-state index contributed by atoms with van der Waals surface area (Å²) in [5.74, 6) is -1.68. The first-order chi connectivity index (χ1) is 8.63. The van der Waals surface area contributed by atoms with E-state index in [1.165, 1.54) is 6.08 Å². The average Bonchev–Trinajstić information content (AvgIpc) is 2.29. The Kier molecular flexibility index (Phi) is 10.4. The SMILES string of the molecule is O=C(O)C=CC=CC=CCCCCCCC(=O)O. The van der Waals surface area contributed by atoms with Crippen LogP contribution in [0.2, 0.25) is 0 Å². The summed E-state index contributed by atoms with van der Waals surface area (Å²) in [6.07, 6.45) is 14.9. The number of unbranched alkanes of at least 4 members (excludes halogenated alkanes) is 4. The van der Waals surface area contributed by atoms with Crippen LogP contribution in [0, 0.1) is 0 Å². The number of carbonyl (C=O) groups is 2. The summed E-state index contributed by atoms with van der Waals surface area (Å²) in [6.45, 7) is 0. The predicted octanol–water partition coefficient (Wildman–Crippen LogP) is 3.16. The molecule has 2 N–H and O–H groups in total. The standard InChI is InChI=1S/C14H20O4/c15-13(16)11-9-7-5-3-1-2-4-6-8-10-12-14(17)18/h1,3,5,7,9,11H,2,4,6,8,10,12H2,(H,15,16)(H,17,18). The van der Waals surface area contributed by atoms with E-state index in [-0.39, 0.29) is 6.42 Å². The lowest BCUT2D eigenvalue weighted by atomic mass is 10.1. The van der Waals surface area contributed by atoms with Gasteiger partial charge in [-0.25, -0.2) is 4.79 Å². The van der Waals surface area contributed by atoms with Gasteiger partial charge in [-0.05, 0) is 19.3 Å². The topological polar surface area (TPSA) is 74.6 Å². The van der Waals surface area contributed by atoms with Gasteiger partial charge < -0.3 is 10.2 Å². The molecule has 0 saturated heterocycles. The monoisotopic (exact) mass is 252 g/mol.